The van der Waals surface area contributed by atoms with E-state index in [0.29, 0.717) is 18.7 Å². The fourth-order valence-corrected chi connectivity index (χ4v) is 4.14. The van der Waals surface area contributed by atoms with Crippen molar-refractivity contribution < 1.29 is 13.2 Å². The van der Waals surface area contributed by atoms with Crippen LogP contribution in [0.3, 0.4) is 0 Å². The van der Waals surface area contributed by atoms with E-state index in [0.717, 1.165) is 11.3 Å². The summed E-state index contributed by atoms with van der Waals surface area (Å²) in [6.07, 6.45) is 0. The number of hydrogen-bond acceptors (Lipinski definition) is 3. The molecule has 0 unspecified atom stereocenters. The highest BCUT2D eigenvalue weighted by Gasteiger charge is 2.24. The van der Waals surface area contributed by atoms with Crippen molar-refractivity contribution in [3.8, 4) is 0 Å². The molecule has 0 N–H and O–H groups in total. The maximum Gasteiger partial charge on any atom is 0.258 e. The number of aryl methyl sites for hydroxylation is 1. The van der Waals surface area contributed by atoms with Gasteiger partial charge in [-0.25, -0.2) is 8.42 Å². The van der Waals surface area contributed by atoms with Gasteiger partial charge in [0, 0.05) is 31.4 Å². The zero-order valence-electron chi connectivity index (χ0n) is 15.1. The van der Waals surface area contributed by atoms with E-state index < -0.39 is 10.0 Å². The van der Waals surface area contributed by atoms with Gasteiger partial charge in [-0.1, -0.05) is 38.1 Å². The Hall–Kier alpha value is -2.18. The molecule has 0 atom stereocenters. The van der Waals surface area contributed by atoms with Crippen molar-refractivity contribution >= 4 is 21.6 Å². The Kier molecular flexibility index (Phi) is 5.98. The van der Waals surface area contributed by atoms with Gasteiger partial charge in [-0.05, 0) is 36.8 Å². The van der Waals surface area contributed by atoms with E-state index in [1.54, 1.807) is 40.0 Å². The van der Waals surface area contributed by atoms with E-state index in [4.69, 9.17) is 0 Å². The molecule has 0 bridgehead atoms. The van der Waals surface area contributed by atoms with Crippen LogP contribution in [0.2, 0.25) is 0 Å². The van der Waals surface area contributed by atoms with Gasteiger partial charge in [0.2, 0.25) is 10.0 Å². The summed E-state index contributed by atoms with van der Waals surface area (Å²) >= 11 is 0. The number of anilines is 1. The van der Waals surface area contributed by atoms with Gasteiger partial charge in [-0.15, -0.1) is 0 Å². The minimum Gasteiger partial charge on any atom is -0.311 e. The van der Waals surface area contributed by atoms with Gasteiger partial charge in [0.25, 0.3) is 5.91 Å². The minimum atomic E-state index is -3.60. The third kappa shape index (κ3) is 3.91. The molecule has 0 spiro atoms. The van der Waals surface area contributed by atoms with Gasteiger partial charge in [-0.2, -0.15) is 4.31 Å². The normalized spacial score (nSPS) is 11.6. The Balaban J connectivity index is 2.44. The number of benzene rings is 2. The van der Waals surface area contributed by atoms with Gasteiger partial charge in [-0.3, -0.25) is 4.79 Å². The van der Waals surface area contributed by atoms with Crippen molar-refractivity contribution in [2.45, 2.75) is 25.7 Å². The topological polar surface area (TPSA) is 57.7 Å². The predicted octanol–water partition coefficient (Wildman–Crippen LogP) is 3.30. The lowest BCUT2D eigenvalue weighted by Crippen LogP contribution is -2.31. The molecule has 0 aromatic heterocycles. The molecule has 1 amide bonds. The largest absolute Gasteiger partial charge is 0.311 e. The quantitative estimate of drug-likeness (QED) is 0.794. The van der Waals surface area contributed by atoms with E-state index in [1.165, 1.54) is 15.3 Å². The van der Waals surface area contributed by atoms with Crippen LogP contribution in [0, 0.1) is 6.92 Å². The second-order valence-corrected chi connectivity index (χ2v) is 7.70. The summed E-state index contributed by atoms with van der Waals surface area (Å²) in [5.74, 6) is -0.236. The van der Waals surface area contributed by atoms with E-state index >= 15 is 0 Å². The van der Waals surface area contributed by atoms with Crippen molar-refractivity contribution in [1.29, 1.82) is 0 Å². The Bertz CT molecular complexity index is 844. The van der Waals surface area contributed by atoms with Crippen molar-refractivity contribution in [2.75, 3.05) is 25.0 Å². The van der Waals surface area contributed by atoms with Crippen molar-refractivity contribution in [3.05, 3.63) is 59.7 Å². The molecule has 0 saturated carbocycles. The number of rotatable bonds is 6. The standard InChI is InChI=1S/C19H24N2O3S/c1-5-21(6-2)25(23,24)17-13-12-15(3)18(14-17)19(22)20(4)16-10-8-7-9-11-16/h7-14H,5-6H2,1-4H3. The Labute approximate surface area is 149 Å². The van der Waals surface area contributed by atoms with Gasteiger partial charge >= 0.3 is 0 Å². The Morgan fingerprint density at radius 2 is 1.60 bits per heavy atom. The van der Waals surface area contributed by atoms with Crippen molar-refractivity contribution in [1.82, 2.24) is 4.31 Å². The van der Waals surface area contributed by atoms with Gasteiger partial charge in [0.15, 0.2) is 0 Å². The van der Waals surface area contributed by atoms with E-state index in [-0.39, 0.29) is 10.8 Å². The molecule has 25 heavy (non-hydrogen) atoms. The van der Waals surface area contributed by atoms with Crippen LogP contribution in [0.4, 0.5) is 5.69 Å². The zero-order valence-corrected chi connectivity index (χ0v) is 15.9. The molecule has 134 valence electrons. The monoisotopic (exact) mass is 360 g/mol. The summed E-state index contributed by atoms with van der Waals surface area (Å²) in [7, 11) is -1.92. The molecule has 0 fully saturated rings. The SMILES string of the molecule is CCN(CC)S(=O)(=O)c1ccc(C)c(C(=O)N(C)c2ccccc2)c1. The highest BCUT2D eigenvalue weighted by atomic mass is 32.2. The lowest BCUT2D eigenvalue weighted by Gasteiger charge is -2.21. The number of para-hydroxylation sites is 1. The fourth-order valence-electron chi connectivity index (χ4n) is 2.65. The molecule has 0 aliphatic carbocycles. The number of sulfonamides is 1. The molecular formula is C19H24N2O3S. The van der Waals surface area contributed by atoms with Crippen LogP contribution in [0.1, 0.15) is 29.8 Å². The Morgan fingerprint density at radius 3 is 2.16 bits per heavy atom. The summed E-state index contributed by atoms with van der Waals surface area (Å²) in [5.41, 5.74) is 1.88. The average molecular weight is 360 g/mol. The highest BCUT2D eigenvalue weighted by Crippen LogP contribution is 2.22. The first-order valence-corrected chi connectivity index (χ1v) is 9.70. The van der Waals surface area contributed by atoms with Gasteiger partial charge < -0.3 is 4.90 Å². The second kappa shape index (κ2) is 7.80. The van der Waals surface area contributed by atoms with E-state index in [1.807, 2.05) is 30.3 Å². The number of carbonyl (C=O) groups excluding carboxylic acids is 1. The fraction of sp³-hybridized carbons (Fsp3) is 0.316. The summed E-state index contributed by atoms with van der Waals surface area (Å²) < 4.78 is 26.8. The van der Waals surface area contributed by atoms with Gasteiger partial charge in [0.05, 0.1) is 4.90 Å². The molecular weight excluding hydrogens is 336 g/mol. The van der Waals surface area contributed by atoms with Crippen molar-refractivity contribution in [3.63, 3.8) is 0 Å². The third-order valence-corrected chi connectivity index (χ3v) is 6.28. The smallest absolute Gasteiger partial charge is 0.258 e. The maximum atomic E-state index is 12.9. The number of nitrogens with zero attached hydrogens (tertiary/aromatic N) is 2. The first-order valence-electron chi connectivity index (χ1n) is 8.26. The number of amides is 1. The molecule has 0 aliphatic heterocycles. The molecule has 2 rings (SSSR count). The summed E-state index contributed by atoms with van der Waals surface area (Å²) in [6.45, 7) is 6.18. The highest BCUT2D eigenvalue weighted by molar-refractivity contribution is 7.89. The van der Waals surface area contributed by atoms with Crippen molar-refractivity contribution in [2.24, 2.45) is 0 Å². The molecule has 0 aliphatic rings. The molecule has 2 aromatic carbocycles. The molecule has 5 nitrogen and oxygen atoms in total. The molecule has 0 saturated heterocycles. The zero-order chi connectivity index (χ0) is 18.6. The minimum absolute atomic E-state index is 0.145. The molecule has 0 heterocycles. The summed E-state index contributed by atoms with van der Waals surface area (Å²) in [5, 5.41) is 0. The molecule has 6 heteroatoms. The third-order valence-electron chi connectivity index (χ3n) is 4.23. The number of carbonyl (C=O) groups is 1. The van der Waals surface area contributed by atoms with Crippen LogP contribution < -0.4 is 4.90 Å². The second-order valence-electron chi connectivity index (χ2n) is 5.77. The van der Waals surface area contributed by atoms with Crippen LogP contribution in [-0.2, 0) is 10.0 Å². The molecule has 0 radical (unpaired) electrons. The Morgan fingerprint density at radius 1 is 1.00 bits per heavy atom. The predicted molar refractivity (Wildman–Crippen MR) is 100 cm³/mol. The lowest BCUT2D eigenvalue weighted by molar-refractivity contribution is 0.0992. The summed E-state index contributed by atoms with van der Waals surface area (Å²) in [6, 6.07) is 14.0. The summed E-state index contributed by atoms with van der Waals surface area (Å²) in [4.78, 5) is 14.5. The average Bonchev–Trinajstić information content (AvgIpc) is 2.62. The van der Waals surface area contributed by atoms with Crippen LogP contribution in [0.5, 0.6) is 0 Å². The molecule has 2 aromatic rings. The van der Waals surface area contributed by atoms with Crippen LogP contribution in [0.15, 0.2) is 53.4 Å². The van der Waals surface area contributed by atoms with E-state index in [9.17, 15) is 13.2 Å². The first kappa shape index (κ1) is 19.1. The first-order chi connectivity index (χ1) is 11.8. The lowest BCUT2D eigenvalue weighted by atomic mass is 10.1. The van der Waals surface area contributed by atoms with Crippen LogP contribution in [0.25, 0.3) is 0 Å². The maximum absolute atomic E-state index is 12.9. The van der Waals surface area contributed by atoms with E-state index in [2.05, 4.69) is 0 Å². The van der Waals surface area contributed by atoms with Crippen LogP contribution in [-0.4, -0.2) is 38.8 Å². The van der Waals surface area contributed by atoms with Crippen LogP contribution >= 0.6 is 0 Å². The number of hydrogen-bond donors (Lipinski definition) is 0. The van der Waals surface area contributed by atoms with Gasteiger partial charge in [0.1, 0.15) is 0 Å².